The van der Waals surface area contributed by atoms with Gasteiger partial charge in [0.05, 0.1) is 19.3 Å². The van der Waals surface area contributed by atoms with Crippen LogP contribution in [0.25, 0.3) is 0 Å². The third kappa shape index (κ3) is 5.32. The van der Waals surface area contributed by atoms with Crippen LogP contribution in [0.4, 0.5) is 5.82 Å². The van der Waals surface area contributed by atoms with Crippen LogP contribution in [0, 0.1) is 6.92 Å². The molecule has 2 rings (SSSR count). The molecule has 1 atom stereocenters. The average molecular weight is 359 g/mol. The summed E-state index contributed by atoms with van der Waals surface area (Å²) in [5.41, 5.74) is 2.10. The molecule has 0 aliphatic heterocycles. The third-order valence-corrected chi connectivity index (χ3v) is 3.88. The number of benzene rings is 1. The maximum absolute atomic E-state index is 5.69. The number of nitrogens with zero attached hydrogens (tertiary/aromatic N) is 1. The lowest BCUT2D eigenvalue weighted by atomic mass is 10.1. The zero-order valence-corrected chi connectivity index (χ0v) is 15.9. The first-order chi connectivity index (χ1) is 12.0. The fourth-order valence-electron chi connectivity index (χ4n) is 2.38. The van der Waals surface area contributed by atoms with Gasteiger partial charge >= 0.3 is 0 Å². The summed E-state index contributed by atoms with van der Waals surface area (Å²) in [7, 11) is 0. The number of hydrogen-bond donors (Lipinski definition) is 2. The molecule has 0 spiro atoms. The van der Waals surface area contributed by atoms with E-state index in [0.717, 1.165) is 28.4 Å². The summed E-state index contributed by atoms with van der Waals surface area (Å²) in [4.78, 5) is 4.29. The first-order valence-corrected chi connectivity index (χ1v) is 8.84. The molecular weight excluding hydrogens is 334 g/mol. The summed E-state index contributed by atoms with van der Waals surface area (Å²) in [6.07, 6.45) is 1.74. The number of rotatable bonds is 7. The van der Waals surface area contributed by atoms with E-state index in [1.165, 1.54) is 0 Å². The molecule has 5 nitrogen and oxygen atoms in total. The second kappa shape index (κ2) is 9.22. The predicted molar refractivity (Wildman–Crippen MR) is 106 cm³/mol. The number of aryl methyl sites for hydroxylation is 1. The van der Waals surface area contributed by atoms with Crippen LogP contribution in [0.3, 0.4) is 0 Å². The van der Waals surface area contributed by atoms with Gasteiger partial charge in [-0.3, -0.25) is 0 Å². The Balaban J connectivity index is 2.06. The first-order valence-electron chi connectivity index (χ1n) is 8.43. The molecule has 0 saturated heterocycles. The van der Waals surface area contributed by atoms with E-state index in [1.54, 1.807) is 6.20 Å². The maximum atomic E-state index is 5.69. The number of aromatic nitrogens is 1. The maximum Gasteiger partial charge on any atom is 0.172 e. The molecule has 0 aliphatic carbocycles. The van der Waals surface area contributed by atoms with Crippen molar-refractivity contribution in [3.8, 4) is 11.5 Å². The molecule has 0 aliphatic rings. The van der Waals surface area contributed by atoms with Crippen LogP contribution in [0.2, 0.25) is 0 Å². The molecule has 0 saturated carbocycles. The van der Waals surface area contributed by atoms with Crippen molar-refractivity contribution in [3.63, 3.8) is 0 Å². The Bertz CT molecular complexity index is 722. The van der Waals surface area contributed by atoms with Crippen LogP contribution in [0.1, 0.15) is 37.9 Å². The molecule has 25 heavy (non-hydrogen) atoms. The van der Waals surface area contributed by atoms with Crippen molar-refractivity contribution in [3.05, 3.63) is 47.7 Å². The van der Waals surface area contributed by atoms with Crippen LogP contribution >= 0.6 is 12.2 Å². The number of nitrogens with one attached hydrogen (secondary N) is 2. The number of hydrogen-bond acceptors (Lipinski definition) is 4. The second-order valence-electron chi connectivity index (χ2n) is 5.56. The zero-order chi connectivity index (χ0) is 18.2. The van der Waals surface area contributed by atoms with E-state index in [2.05, 4.69) is 15.6 Å². The first kappa shape index (κ1) is 19.0. The molecule has 2 aromatic rings. The Labute approximate surface area is 154 Å². The van der Waals surface area contributed by atoms with E-state index in [9.17, 15) is 0 Å². The monoisotopic (exact) mass is 359 g/mol. The molecule has 0 bridgehead atoms. The lowest BCUT2D eigenvalue weighted by molar-refractivity contribution is 0.287. The number of ether oxygens (including phenoxy) is 2. The van der Waals surface area contributed by atoms with Gasteiger partial charge in [-0.05, 0) is 69.2 Å². The van der Waals surface area contributed by atoms with Gasteiger partial charge in [-0.15, -0.1) is 0 Å². The lowest BCUT2D eigenvalue weighted by Gasteiger charge is -2.19. The van der Waals surface area contributed by atoms with Crippen molar-refractivity contribution >= 4 is 23.1 Å². The van der Waals surface area contributed by atoms with Gasteiger partial charge in [0, 0.05) is 6.20 Å². The van der Waals surface area contributed by atoms with Gasteiger partial charge in [0.15, 0.2) is 16.6 Å². The SMILES string of the molecule is CCOc1ccc([C@H](C)NC(=S)Nc2ncccc2C)cc1OCC. The fraction of sp³-hybridized carbons (Fsp3) is 0.368. The van der Waals surface area contributed by atoms with E-state index < -0.39 is 0 Å². The molecule has 6 heteroatoms. The van der Waals surface area contributed by atoms with E-state index in [1.807, 2.05) is 58.0 Å². The standard InChI is InChI=1S/C19H25N3O2S/c1-5-23-16-10-9-15(12-17(16)24-6-2)14(4)21-19(25)22-18-13(3)8-7-11-20-18/h7-12,14H,5-6H2,1-4H3,(H2,20,21,22,25)/t14-/m0/s1. The van der Waals surface area contributed by atoms with Crippen LogP contribution in [0.15, 0.2) is 36.5 Å². The van der Waals surface area contributed by atoms with Gasteiger partial charge in [0.2, 0.25) is 0 Å². The van der Waals surface area contributed by atoms with Gasteiger partial charge in [-0.25, -0.2) is 4.98 Å². The molecule has 1 aromatic carbocycles. The van der Waals surface area contributed by atoms with Crippen molar-refractivity contribution in [2.24, 2.45) is 0 Å². The molecule has 134 valence electrons. The van der Waals surface area contributed by atoms with Crippen molar-refractivity contribution in [1.82, 2.24) is 10.3 Å². The van der Waals surface area contributed by atoms with Crippen molar-refractivity contribution in [2.75, 3.05) is 18.5 Å². The van der Waals surface area contributed by atoms with Crippen LogP contribution in [-0.2, 0) is 0 Å². The topological polar surface area (TPSA) is 55.4 Å². The number of pyridine rings is 1. The Morgan fingerprint density at radius 2 is 1.88 bits per heavy atom. The summed E-state index contributed by atoms with van der Waals surface area (Å²) >= 11 is 5.41. The number of anilines is 1. The highest BCUT2D eigenvalue weighted by molar-refractivity contribution is 7.80. The Hall–Kier alpha value is -2.34. The van der Waals surface area contributed by atoms with Gasteiger partial charge in [-0.1, -0.05) is 12.1 Å². The minimum atomic E-state index is 0.0129. The minimum Gasteiger partial charge on any atom is -0.490 e. The van der Waals surface area contributed by atoms with Gasteiger partial charge < -0.3 is 20.1 Å². The largest absolute Gasteiger partial charge is 0.490 e. The lowest BCUT2D eigenvalue weighted by Crippen LogP contribution is -2.31. The highest BCUT2D eigenvalue weighted by Crippen LogP contribution is 2.30. The third-order valence-electron chi connectivity index (χ3n) is 3.66. The molecule has 0 fully saturated rings. The van der Waals surface area contributed by atoms with Crippen LogP contribution in [-0.4, -0.2) is 23.3 Å². The van der Waals surface area contributed by atoms with Crippen LogP contribution < -0.4 is 20.1 Å². The predicted octanol–water partition coefficient (Wildman–Crippen LogP) is 4.24. The van der Waals surface area contributed by atoms with Crippen LogP contribution in [0.5, 0.6) is 11.5 Å². The summed E-state index contributed by atoms with van der Waals surface area (Å²) in [5.74, 6) is 2.26. The van der Waals surface area contributed by atoms with Gasteiger partial charge in [0.1, 0.15) is 5.82 Å². The van der Waals surface area contributed by atoms with E-state index in [4.69, 9.17) is 21.7 Å². The fourth-order valence-corrected chi connectivity index (χ4v) is 2.65. The molecular formula is C19H25N3O2S. The minimum absolute atomic E-state index is 0.0129. The quantitative estimate of drug-likeness (QED) is 0.722. The zero-order valence-electron chi connectivity index (χ0n) is 15.1. The highest BCUT2D eigenvalue weighted by Gasteiger charge is 2.12. The molecule has 0 radical (unpaired) electrons. The van der Waals surface area contributed by atoms with E-state index >= 15 is 0 Å². The summed E-state index contributed by atoms with van der Waals surface area (Å²) in [5, 5.41) is 6.94. The molecule has 1 aromatic heterocycles. The highest BCUT2D eigenvalue weighted by atomic mass is 32.1. The second-order valence-corrected chi connectivity index (χ2v) is 5.97. The summed E-state index contributed by atoms with van der Waals surface area (Å²) in [6.45, 7) is 9.14. The Morgan fingerprint density at radius 3 is 2.56 bits per heavy atom. The van der Waals surface area contributed by atoms with Crippen molar-refractivity contribution < 1.29 is 9.47 Å². The van der Waals surface area contributed by atoms with Gasteiger partial charge in [0.25, 0.3) is 0 Å². The normalized spacial score (nSPS) is 11.5. The summed E-state index contributed by atoms with van der Waals surface area (Å²) < 4.78 is 11.3. The molecule has 2 N–H and O–H groups in total. The van der Waals surface area contributed by atoms with E-state index in [-0.39, 0.29) is 6.04 Å². The smallest absolute Gasteiger partial charge is 0.172 e. The molecule has 1 heterocycles. The van der Waals surface area contributed by atoms with Crippen molar-refractivity contribution in [1.29, 1.82) is 0 Å². The summed E-state index contributed by atoms with van der Waals surface area (Å²) in [6, 6.07) is 9.83. The Morgan fingerprint density at radius 1 is 1.16 bits per heavy atom. The molecule has 0 unspecified atom stereocenters. The number of thiocarbonyl (C=S) groups is 1. The van der Waals surface area contributed by atoms with Gasteiger partial charge in [-0.2, -0.15) is 0 Å². The van der Waals surface area contributed by atoms with E-state index in [0.29, 0.717) is 18.3 Å². The van der Waals surface area contributed by atoms with Crippen molar-refractivity contribution in [2.45, 2.75) is 33.7 Å². The average Bonchev–Trinajstić information content (AvgIpc) is 2.59. The Kier molecular flexibility index (Phi) is 7.01. The molecule has 0 amide bonds.